The van der Waals surface area contributed by atoms with E-state index in [1.165, 1.54) is 12.1 Å². The van der Waals surface area contributed by atoms with Gasteiger partial charge in [-0.25, -0.2) is 30.7 Å². The van der Waals surface area contributed by atoms with Crippen molar-refractivity contribution in [2.24, 2.45) is 5.41 Å². The van der Waals surface area contributed by atoms with Crippen molar-refractivity contribution in [2.45, 2.75) is 58.4 Å². The molecule has 1 N–H and O–H groups in total. The Labute approximate surface area is 189 Å². The van der Waals surface area contributed by atoms with Crippen molar-refractivity contribution in [3.05, 3.63) is 53.5 Å². The van der Waals surface area contributed by atoms with Crippen molar-refractivity contribution in [1.29, 1.82) is 0 Å². The third-order valence-electron chi connectivity index (χ3n) is 5.51. The summed E-state index contributed by atoms with van der Waals surface area (Å²) >= 11 is 0. The summed E-state index contributed by atoms with van der Waals surface area (Å²) in [5.74, 6) is -1.68. The van der Waals surface area contributed by atoms with E-state index < -0.39 is 39.0 Å². The molecule has 0 bridgehead atoms. The van der Waals surface area contributed by atoms with Crippen molar-refractivity contribution in [3.63, 3.8) is 0 Å². The first-order chi connectivity index (χ1) is 15.4. The molecule has 0 saturated heterocycles. The molecule has 33 heavy (non-hydrogen) atoms. The maximum absolute atomic E-state index is 15.2. The third-order valence-corrected chi connectivity index (χ3v) is 7.40. The molecule has 0 unspecified atom stereocenters. The van der Waals surface area contributed by atoms with Crippen molar-refractivity contribution in [3.8, 4) is 11.1 Å². The summed E-state index contributed by atoms with van der Waals surface area (Å²) in [6.45, 7) is 6.50. The number of nitrogens with zero attached hydrogens (tertiary/aromatic N) is 2. The van der Waals surface area contributed by atoms with Gasteiger partial charge in [0.1, 0.15) is 17.3 Å². The molecule has 0 spiro atoms. The normalized spacial score (nSPS) is 15.0. The molecule has 2 aromatic heterocycles. The number of aromatic nitrogens is 2. The predicted molar refractivity (Wildman–Crippen MR) is 118 cm³/mol. The summed E-state index contributed by atoms with van der Waals surface area (Å²) in [6, 6.07) is 3.43. The number of alkyl halides is 2. The van der Waals surface area contributed by atoms with Crippen molar-refractivity contribution in [2.75, 3.05) is 0 Å². The van der Waals surface area contributed by atoms with E-state index in [1.807, 2.05) is 25.3 Å². The highest BCUT2D eigenvalue weighted by Gasteiger charge is 2.35. The molecule has 3 aromatic rings. The molecule has 2 heterocycles. The fraction of sp³-hybridized carbons (Fsp3) is 0.435. The second-order valence-electron chi connectivity index (χ2n) is 9.64. The van der Waals surface area contributed by atoms with Gasteiger partial charge in [-0.3, -0.25) is 4.98 Å². The summed E-state index contributed by atoms with van der Waals surface area (Å²) in [6.07, 6.45) is 0.644. The fourth-order valence-corrected chi connectivity index (χ4v) is 5.24. The topological polar surface area (TPSA) is 64.0 Å². The molecule has 0 amide bonds. The maximum Gasteiger partial charge on any atom is 0.280 e. The van der Waals surface area contributed by atoms with Crippen LogP contribution < -0.4 is 4.72 Å². The molecule has 1 aliphatic carbocycles. The lowest BCUT2D eigenvalue weighted by atomic mass is 9.96. The van der Waals surface area contributed by atoms with Gasteiger partial charge in [0.25, 0.3) is 6.43 Å². The Bertz CT molecular complexity index is 1310. The van der Waals surface area contributed by atoms with Gasteiger partial charge in [-0.2, -0.15) is 0 Å². The van der Waals surface area contributed by atoms with Crippen LogP contribution in [0.4, 0.5) is 17.6 Å². The van der Waals surface area contributed by atoms with Crippen LogP contribution in [-0.4, -0.2) is 23.2 Å². The first kappa shape index (κ1) is 23.7. The molecule has 1 aromatic carbocycles. The minimum Gasteiger partial charge on any atom is -0.347 e. The molecule has 1 saturated carbocycles. The molecule has 10 heteroatoms. The van der Waals surface area contributed by atoms with Crippen LogP contribution in [0.1, 0.15) is 51.3 Å². The van der Waals surface area contributed by atoms with Crippen LogP contribution in [-0.2, 0) is 23.1 Å². The molecule has 5 nitrogen and oxygen atoms in total. The SMILES string of the molecule is CC(C)(C)Cn1cc(CNS(=O)(=O)C2CC2)c2cc(F)c(-c3cc(F)cnc3C(F)F)cc21. The Kier molecular flexibility index (Phi) is 6.03. The van der Waals surface area contributed by atoms with Crippen LogP contribution in [0.2, 0.25) is 0 Å². The highest BCUT2D eigenvalue weighted by molar-refractivity contribution is 7.90. The molecule has 1 aliphatic rings. The average molecular weight is 484 g/mol. The van der Waals surface area contributed by atoms with Crippen LogP contribution in [0.3, 0.4) is 0 Å². The van der Waals surface area contributed by atoms with Crippen LogP contribution in [0.5, 0.6) is 0 Å². The second kappa shape index (κ2) is 8.39. The van der Waals surface area contributed by atoms with E-state index in [-0.39, 0.29) is 23.1 Å². The standard InChI is InChI=1S/C23H25F4N3O2S/c1-23(2,3)12-30-11-13(9-29-33(31,32)15-4-5-15)16-7-19(25)17(8-20(16)30)18-6-14(24)10-28-21(18)22(26)27/h6-8,10-11,15,22,29H,4-5,9,12H2,1-3H3. The number of sulfonamides is 1. The zero-order valence-corrected chi connectivity index (χ0v) is 19.3. The Balaban J connectivity index is 1.85. The van der Waals surface area contributed by atoms with Crippen LogP contribution in [0, 0.1) is 17.0 Å². The maximum atomic E-state index is 15.2. The van der Waals surface area contributed by atoms with Gasteiger partial charge in [0.2, 0.25) is 10.0 Å². The second-order valence-corrected chi connectivity index (χ2v) is 11.7. The van der Waals surface area contributed by atoms with E-state index in [2.05, 4.69) is 9.71 Å². The number of halogens is 4. The Hall–Kier alpha value is -2.46. The molecule has 178 valence electrons. The minimum absolute atomic E-state index is 0.0188. The van der Waals surface area contributed by atoms with E-state index in [4.69, 9.17) is 0 Å². The highest BCUT2D eigenvalue weighted by Crippen LogP contribution is 2.36. The highest BCUT2D eigenvalue weighted by atomic mass is 32.2. The quantitative estimate of drug-likeness (QED) is 0.449. The van der Waals surface area contributed by atoms with Gasteiger partial charge in [0.15, 0.2) is 0 Å². The molecule has 0 radical (unpaired) electrons. The Morgan fingerprint density at radius 2 is 1.85 bits per heavy atom. The monoisotopic (exact) mass is 483 g/mol. The number of pyridine rings is 1. The molecule has 0 aliphatic heterocycles. The number of benzene rings is 1. The van der Waals surface area contributed by atoms with E-state index in [1.54, 1.807) is 6.20 Å². The zero-order chi connectivity index (χ0) is 24.1. The minimum atomic E-state index is -3.45. The van der Waals surface area contributed by atoms with E-state index in [9.17, 15) is 21.6 Å². The lowest BCUT2D eigenvalue weighted by Gasteiger charge is -2.20. The largest absolute Gasteiger partial charge is 0.347 e. The first-order valence-corrected chi connectivity index (χ1v) is 12.1. The Morgan fingerprint density at radius 1 is 1.15 bits per heavy atom. The summed E-state index contributed by atoms with van der Waals surface area (Å²) < 4.78 is 85.0. The molecular formula is C23H25F4N3O2S. The number of hydrogen-bond donors (Lipinski definition) is 1. The van der Waals surface area contributed by atoms with Gasteiger partial charge >= 0.3 is 0 Å². The first-order valence-electron chi connectivity index (χ1n) is 10.6. The lowest BCUT2D eigenvalue weighted by Crippen LogP contribution is -2.26. The van der Waals surface area contributed by atoms with Gasteiger partial charge in [-0.05, 0) is 42.0 Å². The number of hydrogen-bond acceptors (Lipinski definition) is 3. The van der Waals surface area contributed by atoms with Crippen LogP contribution in [0.25, 0.3) is 22.0 Å². The van der Waals surface area contributed by atoms with Crippen molar-refractivity contribution < 1.29 is 26.0 Å². The van der Waals surface area contributed by atoms with E-state index >= 15 is 4.39 Å². The smallest absolute Gasteiger partial charge is 0.280 e. The van der Waals surface area contributed by atoms with Gasteiger partial charge in [0, 0.05) is 41.3 Å². The summed E-state index contributed by atoms with van der Waals surface area (Å²) in [4.78, 5) is 3.47. The average Bonchev–Trinajstić information content (AvgIpc) is 3.51. The number of fused-ring (bicyclic) bond motifs is 1. The summed E-state index contributed by atoms with van der Waals surface area (Å²) in [5, 5.41) is 0.0685. The number of rotatable bonds is 7. The molecular weight excluding hydrogens is 458 g/mol. The summed E-state index contributed by atoms with van der Waals surface area (Å²) in [5.41, 5.74) is -0.297. The molecule has 4 rings (SSSR count). The van der Waals surface area contributed by atoms with Crippen LogP contribution >= 0.6 is 0 Å². The lowest BCUT2D eigenvalue weighted by molar-refractivity contribution is 0.146. The van der Waals surface area contributed by atoms with Crippen molar-refractivity contribution >= 4 is 20.9 Å². The fourth-order valence-electron chi connectivity index (χ4n) is 3.89. The number of nitrogens with one attached hydrogen (secondary N) is 1. The van der Waals surface area contributed by atoms with E-state index in [0.717, 1.165) is 6.07 Å². The van der Waals surface area contributed by atoms with Gasteiger partial charge < -0.3 is 4.57 Å². The Morgan fingerprint density at radius 3 is 2.45 bits per heavy atom. The zero-order valence-electron chi connectivity index (χ0n) is 18.5. The molecule has 0 atom stereocenters. The summed E-state index contributed by atoms with van der Waals surface area (Å²) in [7, 11) is -3.45. The molecule has 1 fully saturated rings. The van der Waals surface area contributed by atoms with Gasteiger partial charge in [-0.1, -0.05) is 20.8 Å². The van der Waals surface area contributed by atoms with E-state index in [0.29, 0.717) is 42.0 Å². The van der Waals surface area contributed by atoms with Gasteiger partial charge in [-0.15, -0.1) is 0 Å². The van der Waals surface area contributed by atoms with Crippen LogP contribution in [0.15, 0.2) is 30.6 Å². The third kappa shape index (κ3) is 5.06. The predicted octanol–water partition coefficient (Wildman–Crippen LogP) is 5.55. The van der Waals surface area contributed by atoms with Gasteiger partial charge in [0.05, 0.1) is 11.4 Å². The van der Waals surface area contributed by atoms with Crippen molar-refractivity contribution in [1.82, 2.24) is 14.3 Å².